The van der Waals surface area contributed by atoms with Crippen molar-refractivity contribution < 1.29 is 47.6 Å². The van der Waals surface area contributed by atoms with Gasteiger partial charge in [0.05, 0.1) is 6.33 Å². The van der Waals surface area contributed by atoms with E-state index in [4.69, 9.17) is 35.8 Å². The first kappa shape index (κ1) is 32.9. The Bertz CT molecular complexity index is 1320. The van der Waals surface area contributed by atoms with Crippen molar-refractivity contribution >= 4 is 35.1 Å². The summed E-state index contributed by atoms with van der Waals surface area (Å²) in [7, 11) is 0. The number of cyclic esters (lactones) is 2. The van der Waals surface area contributed by atoms with Gasteiger partial charge in [0.25, 0.3) is 0 Å². The van der Waals surface area contributed by atoms with Gasteiger partial charge in [-0.3, -0.25) is 14.2 Å². The number of carbonyl (C=O) groups excluding carboxylic acids is 3. The van der Waals surface area contributed by atoms with E-state index in [1.54, 1.807) is 0 Å². The molecule has 0 radical (unpaired) electrons. The molecule has 4 heterocycles. The molecular formula is C29H38FN5O9. The number of nitrogen functional groups attached to an aromatic ring is 1. The van der Waals surface area contributed by atoms with E-state index in [0.717, 1.165) is 44.9 Å². The fourth-order valence-corrected chi connectivity index (χ4v) is 5.09. The highest BCUT2D eigenvalue weighted by Gasteiger charge is 2.49. The minimum atomic E-state index is -1.80. The van der Waals surface area contributed by atoms with Crippen LogP contribution in [0.2, 0.25) is 0 Å². The zero-order valence-electron chi connectivity index (χ0n) is 24.5. The van der Waals surface area contributed by atoms with Crippen LogP contribution in [0.1, 0.15) is 83.3 Å². The molecule has 15 heteroatoms. The maximum Gasteiger partial charge on any atom is 0.508 e. The lowest BCUT2D eigenvalue weighted by atomic mass is 9.99. The monoisotopic (exact) mass is 619 g/mol. The number of fused-ring (bicyclic) bond motifs is 1. The van der Waals surface area contributed by atoms with E-state index in [9.17, 15) is 23.9 Å². The summed E-state index contributed by atoms with van der Waals surface area (Å²) in [5, 5.41) is 10.8. The number of nitrogens with zero attached hydrogens (tertiary/aromatic N) is 4. The second kappa shape index (κ2) is 15.6. The van der Waals surface area contributed by atoms with Crippen LogP contribution >= 0.6 is 0 Å². The highest BCUT2D eigenvalue weighted by molar-refractivity contribution is 5.81. The van der Waals surface area contributed by atoms with E-state index in [1.165, 1.54) is 10.9 Å². The number of terminal acetylenes is 1. The quantitative estimate of drug-likeness (QED) is 0.220. The highest BCUT2D eigenvalue weighted by atomic mass is 19.1. The van der Waals surface area contributed by atoms with Crippen LogP contribution in [0, 0.1) is 18.4 Å². The predicted octanol–water partition coefficient (Wildman–Crippen LogP) is 3.11. The molecule has 0 aliphatic carbocycles. The van der Waals surface area contributed by atoms with Gasteiger partial charge < -0.3 is 34.5 Å². The molecule has 0 unspecified atom stereocenters. The van der Waals surface area contributed by atoms with Crippen LogP contribution in [0.4, 0.5) is 15.0 Å². The van der Waals surface area contributed by atoms with Gasteiger partial charge in [-0.2, -0.15) is 14.4 Å². The summed E-state index contributed by atoms with van der Waals surface area (Å²) in [6.45, 7) is -1.32. The Morgan fingerprint density at radius 1 is 1.07 bits per heavy atom. The van der Waals surface area contributed by atoms with Crippen LogP contribution in [-0.4, -0.2) is 80.3 Å². The zero-order chi connectivity index (χ0) is 31.5. The largest absolute Gasteiger partial charge is 0.508 e. The van der Waals surface area contributed by atoms with Crippen molar-refractivity contribution in [3.05, 3.63) is 12.4 Å². The number of ether oxygens (including phenoxy) is 5. The van der Waals surface area contributed by atoms with Crippen molar-refractivity contribution in [2.45, 2.75) is 101 Å². The fourth-order valence-electron chi connectivity index (χ4n) is 5.09. The summed E-state index contributed by atoms with van der Waals surface area (Å²) in [6.07, 6.45) is 10.2. The molecule has 4 rings (SSSR count). The molecule has 0 saturated carbocycles. The molecule has 2 aliphatic heterocycles. The number of halogens is 1. The van der Waals surface area contributed by atoms with Crippen LogP contribution in [0.15, 0.2) is 6.33 Å². The van der Waals surface area contributed by atoms with Gasteiger partial charge in [-0.25, -0.2) is 9.78 Å². The first-order valence-corrected chi connectivity index (χ1v) is 14.8. The summed E-state index contributed by atoms with van der Waals surface area (Å²) >= 11 is 0. The molecule has 240 valence electrons. The molecule has 3 N–H and O–H groups in total. The molecular weight excluding hydrogens is 581 g/mol. The minimum Gasteiger partial charge on any atom is -0.462 e. The maximum atomic E-state index is 13.8. The van der Waals surface area contributed by atoms with Crippen molar-refractivity contribution in [2.24, 2.45) is 0 Å². The van der Waals surface area contributed by atoms with Gasteiger partial charge in [0.2, 0.25) is 0 Å². The second-order valence-electron chi connectivity index (χ2n) is 10.9. The van der Waals surface area contributed by atoms with E-state index in [1.807, 2.05) is 0 Å². The third-order valence-electron chi connectivity index (χ3n) is 7.57. The average Bonchev–Trinajstić information content (AvgIpc) is 3.56. The van der Waals surface area contributed by atoms with E-state index in [2.05, 4.69) is 20.9 Å². The number of hydrogen-bond donors (Lipinski definition) is 2. The summed E-state index contributed by atoms with van der Waals surface area (Å²) in [5.74, 6) is 1.23. The Morgan fingerprint density at radius 3 is 2.25 bits per heavy atom. The Labute approximate surface area is 253 Å². The number of aliphatic hydroxyl groups is 1. The van der Waals surface area contributed by atoms with E-state index < -0.39 is 54.8 Å². The molecule has 2 aromatic heterocycles. The molecule has 3 atom stereocenters. The first-order chi connectivity index (χ1) is 21.2. The third kappa shape index (κ3) is 8.76. The topological polar surface area (TPSA) is 187 Å². The number of carbonyl (C=O) groups is 3. The summed E-state index contributed by atoms with van der Waals surface area (Å²) in [6, 6.07) is 0. The Hall–Kier alpha value is -4.03. The van der Waals surface area contributed by atoms with Crippen LogP contribution < -0.4 is 5.73 Å². The Morgan fingerprint density at radius 2 is 1.66 bits per heavy atom. The van der Waals surface area contributed by atoms with Crippen molar-refractivity contribution in [3.63, 3.8) is 0 Å². The van der Waals surface area contributed by atoms with Crippen molar-refractivity contribution in [1.82, 2.24) is 19.5 Å². The molecule has 0 amide bonds. The summed E-state index contributed by atoms with van der Waals surface area (Å²) in [4.78, 5) is 48.3. The number of aromatic nitrogens is 4. The van der Waals surface area contributed by atoms with Gasteiger partial charge in [-0.15, -0.1) is 6.42 Å². The number of nitrogens with two attached hydrogens (primary N) is 1. The van der Waals surface area contributed by atoms with Crippen molar-refractivity contribution in [3.8, 4) is 12.3 Å². The lowest BCUT2D eigenvalue weighted by molar-refractivity contribution is -0.154. The van der Waals surface area contributed by atoms with Gasteiger partial charge in [0, 0.05) is 19.3 Å². The Balaban J connectivity index is 1.35. The van der Waals surface area contributed by atoms with E-state index in [0.29, 0.717) is 12.8 Å². The molecule has 2 saturated heterocycles. The van der Waals surface area contributed by atoms with E-state index in [-0.39, 0.29) is 49.5 Å². The molecule has 0 spiro atoms. The fraction of sp³-hybridized carbons (Fsp3) is 0.655. The van der Waals surface area contributed by atoms with Gasteiger partial charge >= 0.3 is 24.2 Å². The maximum absolute atomic E-state index is 13.8. The second-order valence-corrected chi connectivity index (χ2v) is 10.9. The molecule has 44 heavy (non-hydrogen) atoms. The zero-order valence-corrected chi connectivity index (χ0v) is 24.5. The van der Waals surface area contributed by atoms with Crippen molar-refractivity contribution in [2.75, 3.05) is 25.6 Å². The molecule has 2 fully saturated rings. The number of rotatable bonds is 4. The lowest BCUT2D eigenvalue weighted by Crippen LogP contribution is -2.43. The molecule has 0 aromatic carbocycles. The number of anilines is 1. The molecule has 2 aliphatic rings. The van der Waals surface area contributed by atoms with Crippen LogP contribution in [0.3, 0.4) is 0 Å². The van der Waals surface area contributed by atoms with Crippen LogP contribution in [0.5, 0.6) is 0 Å². The van der Waals surface area contributed by atoms with Crippen molar-refractivity contribution in [1.29, 1.82) is 0 Å². The first-order valence-electron chi connectivity index (χ1n) is 14.8. The average molecular weight is 620 g/mol. The van der Waals surface area contributed by atoms with E-state index >= 15 is 0 Å². The number of esters is 2. The number of aliphatic hydroxyl groups excluding tert-OH is 1. The normalized spacial score (nSPS) is 25.3. The number of hydrogen-bond acceptors (Lipinski definition) is 13. The number of imidazole rings is 1. The minimum absolute atomic E-state index is 0.0236. The standard InChI is InChI=1S/C29H38FN5O9/c1-2-29(20(36)14-21(44-29)35-18-32-24-25(31)33-27(30)34-26(24)35)17-42-28(39)43-19-15-40-22(37)12-10-8-6-4-3-5-7-9-11-13-23(38)41-16-19/h1,18-21,36H,3-17H2,(H2,31,33,34)/t20-,21+,29+/m0/s1. The summed E-state index contributed by atoms with van der Waals surface area (Å²) < 4.78 is 42.1. The molecule has 2 aromatic rings. The highest BCUT2D eigenvalue weighted by Crippen LogP contribution is 2.38. The smallest absolute Gasteiger partial charge is 0.462 e. The Kier molecular flexibility index (Phi) is 11.7. The van der Waals surface area contributed by atoms with Gasteiger partial charge in [0.1, 0.15) is 32.2 Å². The molecule has 0 bridgehead atoms. The third-order valence-corrected chi connectivity index (χ3v) is 7.57. The van der Waals surface area contributed by atoms with Gasteiger partial charge in [-0.05, 0) is 12.8 Å². The summed E-state index contributed by atoms with van der Waals surface area (Å²) in [5.41, 5.74) is 4.07. The predicted molar refractivity (Wildman–Crippen MR) is 151 cm³/mol. The van der Waals surface area contributed by atoms with Gasteiger partial charge in [-0.1, -0.05) is 50.9 Å². The van der Waals surface area contributed by atoms with Gasteiger partial charge in [0.15, 0.2) is 28.7 Å². The SMILES string of the molecule is C#C[C@]1(COC(=O)OC2COC(=O)CCCCCCCCCCCC(=O)OC2)O[C@@H](n2cnc3c(N)nc(F)nc32)C[C@@H]1O. The lowest BCUT2D eigenvalue weighted by Gasteiger charge is -2.26. The molecule has 14 nitrogen and oxygen atoms in total. The van der Waals surface area contributed by atoms with Crippen LogP contribution in [0.25, 0.3) is 11.2 Å². The van der Waals surface area contributed by atoms with Crippen LogP contribution in [-0.2, 0) is 33.3 Å².